The second-order valence-corrected chi connectivity index (χ2v) is 9.97. The third-order valence-electron chi connectivity index (χ3n) is 7.10. The summed E-state index contributed by atoms with van der Waals surface area (Å²) >= 11 is 0. The zero-order chi connectivity index (χ0) is 24.9. The number of alkyl carbamates (subject to hydrolysis) is 1. The van der Waals surface area contributed by atoms with Crippen LogP contribution in [-0.2, 0) is 14.3 Å². The van der Waals surface area contributed by atoms with Crippen LogP contribution in [0.5, 0.6) is 0 Å². The zero-order valence-corrected chi connectivity index (χ0v) is 20.4. The number of likely N-dealkylation sites (tertiary alicyclic amines) is 1. The molecule has 2 aromatic rings. The number of carboxylic acids is 1. The molecule has 4 rings (SSSR count). The van der Waals surface area contributed by atoms with Crippen molar-refractivity contribution in [3.63, 3.8) is 0 Å². The summed E-state index contributed by atoms with van der Waals surface area (Å²) in [5.74, 6) is -1.31. The molecule has 1 fully saturated rings. The predicted molar refractivity (Wildman–Crippen MR) is 133 cm³/mol. The van der Waals surface area contributed by atoms with Gasteiger partial charge in [0.25, 0.3) is 0 Å². The van der Waals surface area contributed by atoms with E-state index in [1.54, 1.807) is 4.90 Å². The van der Waals surface area contributed by atoms with E-state index < -0.39 is 12.1 Å². The number of hydrogen-bond acceptors (Lipinski definition) is 4. The molecule has 35 heavy (non-hydrogen) atoms. The molecule has 2 aliphatic rings. The van der Waals surface area contributed by atoms with Crippen LogP contribution in [0.4, 0.5) is 4.79 Å². The van der Waals surface area contributed by atoms with E-state index in [-0.39, 0.29) is 42.7 Å². The summed E-state index contributed by atoms with van der Waals surface area (Å²) in [4.78, 5) is 38.7. The molecule has 2 N–H and O–H groups in total. The van der Waals surface area contributed by atoms with Gasteiger partial charge < -0.3 is 20.1 Å². The number of nitrogens with zero attached hydrogens (tertiary/aromatic N) is 1. The van der Waals surface area contributed by atoms with Crippen molar-refractivity contribution in [2.45, 2.75) is 39.0 Å². The van der Waals surface area contributed by atoms with Crippen LogP contribution in [0.3, 0.4) is 0 Å². The van der Waals surface area contributed by atoms with Gasteiger partial charge in [-0.15, -0.1) is 0 Å². The number of carbonyl (C=O) groups is 3. The lowest BCUT2D eigenvalue weighted by molar-refractivity contribution is -0.146. The van der Waals surface area contributed by atoms with Gasteiger partial charge in [0.15, 0.2) is 0 Å². The third kappa shape index (κ3) is 5.66. The predicted octanol–water partition coefficient (Wildman–Crippen LogP) is 4.51. The van der Waals surface area contributed by atoms with E-state index in [0.29, 0.717) is 32.4 Å². The maximum Gasteiger partial charge on any atom is 0.407 e. The van der Waals surface area contributed by atoms with E-state index >= 15 is 0 Å². The highest BCUT2D eigenvalue weighted by Crippen LogP contribution is 2.44. The molecule has 2 aromatic carbocycles. The van der Waals surface area contributed by atoms with Crippen molar-refractivity contribution in [1.82, 2.24) is 10.2 Å². The van der Waals surface area contributed by atoms with Gasteiger partial charge >= 0.3 is 12.1 Å². The molecule has 1 atom stereocenters. The molecule has 0 spiro atoms. The molecule has 1 aliphatic heterocycles. The first-order valence-electron chi connectivity index (χ1n) is 12.5. The summed E-state index contributed by atoms with van der Waals surface area (Å²) in [6.45, 7) is 5.40. The van der Waals surface area contributed by atoms with Crippen molar-refractivity contribution in [3.8, 4) is 11.1 Å². The van der Waals surface area contributed by atoms with E-state index in [1.165, 1.54) is 11.1 Å². The maximum atomic E-state index is 13.2. The Balaban J connectivity index is 1.33. The van der Waals surface area contributed by atoms with Gasteiger partial charge in [-0.1, -0.05) is 62.4 Å². The van der Waals surface area contributed by atoms with Crippen LogP contribution in [0.25, 0.3) is 11.1 Å². The van der Waals surface area contributed by atoms with E-state index in [9.17, 15) is 19.5 Å². The molecule has 1 unspecified atom stereocenters. The molecule has 186 valence electrons. The second kappa shape index (κ2) is 10.9. The lowest BCUT2D eigenvalue weighted by Gasteiger charge is -2.33. The summed E-state index contributed by atoms with van der Waals surface area (Å²) in [7, 11) is 0. The highest BCUT2D eigenvalue weighted by Gasteiger charge is 2.32. The third-order valence-corrected chi connectivity index (χ3v) is 7.10. The normalized spacial score (nSPS) is 16.5. The molecule has 1 saturated heterocycles. The lowest BCUT2D eigenvalue weighted by atomic mass is 9.92. The SMILES string of the molecule is CC(C)CC(CNC(=O)OCC1c2ccccc2-c2ccccc21)C(=O)N1CCC(C(=O)O)CC1. The van der Waals surface area contributed by atoms with Crippen LogP contribution < -0.4 is 5.32 Å². The van der Waals surface area contributed by atoms with Crippen molar-refractivity contribution in [2.75, 3.05) is 26.2 Å². The number of nitrogens with one attached hydrogen (secondary N) is 1. The highest BCUT2D eigenvalue weighted by atomic mass is 16.5. The number of carbonyl (C=O) groups excluding carboxylic acids is 2. The Bertz CT molecular complexity index is 1030. The van der Waals surface area contributed by atoms with Gasteiger partial charge in [-0.05, 0) is 47.4 Å². The first-order valence-corrected chi connectivity index (χ1v) is 12.5. The fourth-order valence-electron chi connectivity index (χ4n) is 5.30. The van der Waals surface area contributed by atoms with Crippen molar-refractivity contribution < 1.29 is 24.2 Å². The van der Waals surface area contributed by atoms with Gasteiger partial charge in [-0.3, -0.25) is 9.59 Å². The first-order chi connectivity index (χ1) is 16.8. The van der Waals surface area contributed by atoms with Crippen LogP contribution in [0.2, 0.25) is 0 Å². The average molecular weight is 479 g/mol. The molecule has 0 radical (unpaired) electrons. The maximum absolute atomic E-state index is 13.2. The van der Waals surface area contributed by atoms with Crippen LogP contribution in [0, 0.1) is 17.8 Å². The zero-order valence-electron chi connectivity index (χ0n) is 20.4. The Morgan fingerprint density at radius 3 is 2.11 bits per heavy atom. The smallest absolute Gasteiger partial charge is 0.407 e. The minimum absolute atomic E-state index is 0.0169. The van der Waals surface area contributed by atoms with Crippen molar-refractivity contribution in [3.05, 3.63) is 59.7 Å². The Hall–Kier alpha value is -3.35. The Kier molecular flexibility index (Phi) is 7.73. The van der Waals surface area contributed by atoms with Gasteiger partial charge in [-0.2, -0.15) is 0 Å². The number of hydrogen-bond donors (Lipinski definition) is 2. The summed E-state index contributed by atoms with van der Waals surface area (Å²) in [5, 5.41) is 12.0. The lowest BCUT2D eigenvalue weighted by Crippen LogP contribution is -2.46. The fourth-order valence-corrected chi connectivity index (χ4v) is 5.30. The summed E-state index contributed by atoms with van der Waals surface area (Å²) in [6, 6.07) is 16.4. The molecule has 7 heteroatoms. The molecule has 7 nitrogen and oxygen atoms in total. The Labute approximate surface area is 206 Å². The number of amides is 2. The van der Waals surface area contributed by atoms with Crippen molar-refractivity contribution in [1.29, 1.82) is 0 Å². The number of aliphatic carboxylic acids is 1. The van der Waals surface area contributed by atoms with Crippen LogP contribution in [-0.4, -0.2) is 54.2 Å². The number of fused-ring (bicyclic) bond motifs is 3. The van der Waals surface area contributed by atoms with E-state index in [4.69, 9.17) is 4.74 Å². The van der Waals surface area contributed by atoms with Gasteiger partial charge in [0.05, 0.1) is 11.8 Å². The molecule has 1 heterocycles. The number of benzene rings is 2. The first kappa shape index (κ1) is 24.8. The quantitative estimate of drug-likeness (QED) is 0.582. The molecule has 0 aromatic heterocycles. The van der Waals surface area contributed by atoms with Gasteiger partial charge in [0.2, 0.25) is 5.91 Å². The Morgan fingerprint density at radius 2 is 1.57 bits per heavy atom. The van der Waals surface area contributed by atoms with Gasteiger partial charge in [0, 0.05) is 25.6 Å². The second-order valence-electron chi connectivity index (χ2n) is 9.97. The van der Waals surface area contributed by atoms with Crippen molar-refractivity contribution in [2.24, 2.45) is 17.8 Å². The number of ether oxygens (including phenoxy) is 1. The largest absolute Gasteiger partial charge is 0.481 e. The van der Waals surface area contributed by atoms with Crippen molar-refractivity contribution >= 4 is 18.0 Å². The monoisotopic (exact) mass is 478 g/mol. The van der Waals surface area contributed by atoms with Crippen LogP contribution in [0.1, 0.15) is 50.2 Å². The van der Waals surface area contributed by atoms with E-state index in [2.05, 4.69) is 29.6 Å². The summed E-state index contributed by atoms with van der Waals surface area (Å²) in [5.41, 5.74) is 4.65. The molecule has 2 amide bonds. The average Bonchev–Trinajstić information content (AvgIpc) is 3.18. The minimum atomic E-state index is -0.798. The molecule has 0 bridgehead atoms. The fraction of sp³-hybridized carbons (Fsp3) is 0.464. The van der Waals surface area contributed by atoms with Crippen LogP contribution in [0.15, 0.2) is 48.5 Å². The molecular weight excluding hydrogens is 444 g/mol. The van der Waals surface area contributed by atoms with E-state index in [0.717, 1.165) is 11.1 Å². The topological polar surface area (TPSA) is 95.9 Å². The molecule has 1 aliphatic carbocycles. The highest BCUT2D eigenvalue weighted by molar-refractivity contribution is 5.81. The molecule has 0 saturated carbocycles. The number of rotatable bonds is 8. The van der Waals surface area contributed by atoms with Crippen LogP contribution >= 0.6 is 0 Å². The minimum Gasteiger partial charge on any atom is -0.481 e. The van der Waals surface area contributed by atoms with Gasteiger partial charge in [-0.25, -0.2) is 4.79 Å². The summed E-state index contributed by atoms with van der Waals surface area (Å²) in [6.07, 6.45) is 1.05. The van der Waals surface area contributed by atoms with Gasteiger partial charge in [0.1, 0.15) is 6.61 Å². The Morgan fingerprint density at radius 1 is 1.00 bits per heavy atom. The summed E-state index contributed by atoms with van der Waals surface area (Å²) < 4.78 is 5.62. The molecular formula is C28H34N2O5. The number of carboxylic acid groups (broad SMARTS) is 1. The van der Waals surface area contributed by atoms with E-state index in [1.807, 2.05) is 38.1 Å². The number of piperidine rings is 1. The standard InChI is InChI=1S/C28H34N2O5/c1-18(2)15-20(26(31)30-13-11-19(12-14-30)27(32)33)16-29-28(34)35-17-25-23-9-5-3-7-21(23)22-8-4-6-10-24(22)25/h3-10,18-20,25H,11-17H2,1-2H3,(H,29,34)(H,32,33).